The number of aryl methyl sites for hydroxylation is 1. The topological polar surface area (TPSA) is 66.8 Å². The van der Waals surface area contributed by atoms with Crippen LogP contribution >= 0.6 is 0 Å². The zero-order valence-electron chi connectivity index (χ0n) is 19.6. The lowest BCUT2D eigenvalue weighted by molar-refractivity contribution is -0.132. The van der Waals surface area contributed by atoms with Gasteiger partial charge in [-0.3, -0.25) is 14.5 Å². The van der Waals surface area contributed by atoms with Gasteiger partial charge in [0.1, 0.15) is 11.5 Å². The fraction of sp³-hybridized carbons (Fsp3) is 0.133. The Morgan fingerprint density at radius 3 is 2.34 bits per heavy atom. The van der Waals surface area contributed by atoms with Gasteiger partial charge in [0.15, 0.2) is 0 Å². The fourth-order valence-electron chi connectivity index (χ4n) is 4.61. The molecule has 1 heterocycles. The second kappa shape index (κ2) is 9.11. The molecule has 1 fully saturated rings. The number of carbonyl (C=O) groups excluding carboxylic acids is 2. The van der Waals surface area contributed by atoms with E-state index in [1.54, 1.807) is 25.3 Å². The van der Waals surface area contributed by atoms with E-state index in [9.17, 15) is 14.7 Å². The minimum absolute atomic E-state index is 0.0538. The van der Waals surface area contributed by atoms with Crippen molar-refractivity contribution in [3.63, 3.8) is 0 Å². The molecule has 5 nitrogen and oxygen atoms in total. The van der Waals surface area contributed by atoms with E-state index in [0.717, 1.165) is 22.8 Å². The number of methoxy groups -OCH3 is 1. The van der Waals surface area contributed by atoms with Crippen LogP contribution in [0.5, 0.6) is 5.75 Å². The average molecular weight is 464 g/mol. The first kappa shape index (κ1) is 22.4. The Kier molecular flexibility index (Phi) is 5.83. The minimum Gasteiger partial charge on any atom is -0.507 e. The molecule has 0 aromatic heterocycles. The number of nitrogens with zero attached hydrogens (tertiary/aromatic N) is 1. The number of fused-ring (bicyclic) bond motifs is 1. The number of aliphatic hydroxyl groups excluding tert-OH is 1. The number of ketones is 1. The molecule has 1 amide bonds. The second-order valence-electron chi connectivity index (χ2n) is 8.53. The molecule has 1 saturated heterocycles. The fourth-order valence-corrected chi connectivity index (χ4v) is 4.61. The third kappa shape index (κ3) is 3.95. The maximum absolute atomic E-state index is 13.4. The predicted molar refractivity (Wildman–Crippen MR) is 138 cm³/mol. The third-order valence-corrected chi connectivity index (χ3v) is 6.50. The van der Waals surface area contributed by atoms with Gasteiger partial charge in [0.2, 0.25) is 0 Å². The van der Waals surface area contributed by atoms with Crippen LogP contribution in [0, 0.1) is 0 Å². The summed E-state index contributed by atoms with van der Waals surface area (Å²) in [6.07, 6.45) is 0.861. The molecule has 0 radical (unpaired) electrons. The number of hydrogen-bond acceptors (Lipinski definition) is 4. The molecule has 1 aliphatic rings. The number of benzene rings is 4. The number of hydrogen-bond donors (Lipinski definition) is 1. The lowest BCUT2D eigenvalue weighted by atomic mass is 9.94. The Morgan fingerprint density at radius 1 is 0.886 bits per heavy atom. The normalized spacial score (nSPS) is 17.2. The van der Waals surface area contributed by atoms with E-state index in [1.165, 1.54) is 4.90 Å². The van der Waals surface area contributed by atoms with Crippen LogP contribution in [-0.2, 0) is 16.0 Å². The molecule has 5 heteroatoms. The molecule has 1 unspecified atom stereocenters. The summed E-state index contributed by atoms with van der Waals surface area (Å²) in [5.74, 6) is -0.998. The molecule has 0 saturated carbocycles. The molecule has 1 atom stereocenters. The molecular formula is C30H25NO4. The Hall–Kier alpha value is -4.38. The Bertz CT molecular complexity index is 1470. The molecule has 174 valence electrons. The van der Waals surface area contributed by atoms with Crippen LogP contribution < -0.4 is 9.64 Å². The first-order chi connectivity index (χ1) is 17.0. The van der Waals surface area contributed by atoms with Gasteiger partial charge in [-0.1, -0.05) is 67.6 Å². The largest absolute Gasteiger partial charge is 0.507 e. The maximum atomic E-state index is 13.4. The molecule has 5 rings (SSSR count). The number of carbonyl (C=O) groups is 2. The summed E-state index contributed by atoms with van der Waals surface area (Å²) in [5, 5.41) is 13.4. The van der Waals surface area contributed by atoms with Gasteiger partial charge in [-0.15, -0.1) is 0 Å². The molecule has 0 aliphatic carbocycles. The van der Waals surface area contributed by atoms with Gasteiger partial charge in [-0.2, -0.15) is 0 Å². The van der Waals surface area contributed by atoms with Crippen molar-refractivity contribution in [3.05, 3.63) is 113 Å². The van der Waals surface area contributed by atoms with Crippen molar-refractivity contribution < 1.29 is 19.4 Å². The second-order valence-corrected chi connectivity index (χ2v) is 8.53. The van der Waals surface area contributed by atoms with Gasteiger partial charge < -0.3 is 9.84 Å². The van der Waals surface area contributed by atoms with Crippen molar-refractivity contribution in [1.82, 2.24) is 0 Å². The quantitative estimate of drug-likeness (QED) is 0.223. The van der Waals surface area contributed by atoms with E-state index < -0.39 is 17.7 Å². The smallest absolute Gasteiger partial charge is 0.300 e. The van der Waals surface area contributed by atoms with Crippen LogP contribution in [0.3, 0.4) is 0 Å². The summed E-state index contributed by atoms with van der Waals surface area (Å²) in [6, 6.07) is 27.3. The van der Waals surface area contributed by atoms with Gasteiger partial charge in [-0.05, 0) is 58.7 Å². The van der Waals surface area contributed by atoms with Crippen LogP contribution in [0.15, 0.2) is 96.6 Å². The lowest BCUT2D eigenvalue weighted by Gasteiger charge is -2.26. The van der Waals surface area contributed by atoms with E-state index in [1.807, 2.05) is 72.8 Å². The van der Waals surface area contributed by atoms with Crippen molar-refractivity contribution >= 4 is 33.9 Å². The summed E-state index contributed by atoms with van der Waals surface area (Å²) in [5.41, 5.74) is 2.92. The summed E-state index contributed by atoms with van der Waals surface area (Å²) < 4.78 is 5.40. The Balaban J connectivity index is 1.72. The third-order valence-electron chi connectivity index (χ3n) is 6.50. The first-order valence-electron chi connectivity index (χ1n) is 11.5. The van der Waals surface area contributed by atoms with E-state index in [0.29, 0.717) is 22.6 Å². The van der Waals surface area contributed by atoms with E-state index in [2.05, 4.69) is 6.92 Å². The molecule has 35 heavy (non-hydrogen) atoms. The zero-order valence-corrected chi connectivity index (χ0v) is 19.6. The number of amides is 1. The SMILES string of the molecule is CCc1ccc(N2C(=O)C(=O)/C(=C(\O)c3ccc4ccccc4c3)C2c2cccc(OC)c2)cc1. The van der Waals surface area contributed by atoms with Crippen LogP contribution in [0.25, 0.3) is 16.5 Å². The maximum Gasteiger partial charge on any atom is 0.300 e. The molecule has 4 aromatic carbocycles. The predicted octanol–water partition coefficient (Wildman–Crippen LogP) is 6.04. The van der Waals surface area contributed by atoms with Crippen molar-refractivity contribution in [2.24, 2.45) is 0 Å². The average Bonchev–Trinajstić information content (AvgIpc) is 3.18. The number of anilines is 1. The van der Waals surface area contributed by atoms with Crippen LogP contribution in [0.1, 0.15) is 29.7 Å². The van der Waals surface area contributed by atoms with Gasteiger partial charge in [0.25, 0.3) is 11.7 Å². The molecule has 0 spiro atoms. The molecular weight excluding hydrogens is 438 g/mol. The molecule has 1 aliphatic heterocycles. The molecule has 0 bridgehead atoms. The van der Waals surface area contributed by atoms with Crippen LogP contribution in [0.4, 0.5) is 5.69 Å². The highest BCUT2D eigenvalue weighted by atomic mass is 16.5. The van der Waals surface area contributed by atoms with Crippen molar-refractivity contribution in [1.29, 1.82) is 0 Å². The Morgan fingerprint density at radius 2 is 1.63 bits per heavy atom. The van der Waals surface area contributed by atoms with E-state index in [4.69, 9.17) is 4.74 Å². The summed E-state index contributed by atoms with van der Waals surface area (Å²) in [4.78, 5) is 28.2. The summed E-state index contributed by atoms with van der Waals surface area (Å²) >= 11 is 0. The number of rotatable bonds is 5. The highest BCUT2D eigenvalue weighted by Crippen LogP contribution is 2.43. The number of aliphatic hydroxyl groups is 1. The zero-order chi connectivity index (χ0) is 24.5. The minimum atomic E-state index is -0.802. The molecule has 4 aromatic rings. The summed E-state index contributed by atoms with van der Waals surface area (Å²) in [6.45, 7) is 2.06. The standard InChI is InChI=1S/C30H25NO4/c1-3-19-11-15-24(16-12-19)31-27(22-9-6-10-25(18-22)35-2)26(29(33)30(31)34)28(32)23-14-13-20-7-4-5-8-21(20)17-23/h4-18,27,32H,3H2,1-2H3/b28-26-. The van der Waals surface area contributed by atoms with Gasteiger partial charge >= 0.3 is 0 Å². The number of Topliss-reactive ketones (excluding diaryl/α,β-unsaturated/α-hetero) is 1. The van der Waals surface area contributed by atoms with Crippen molar-refractivity contribution in [3.8, 4) is 5.75 Å². The van der Waals surface area contributed by atoms with Crippen LogP contribution in [0.2, 0.25) is 0 Å². The number of ether oxygens (including phenoxy) is 1. The van der Waals surface area contributed by atoms with Crippen molar-refractivity contribution in [2.75, 3.05) is 12.0 Å². The highest BCUT2D eigenvalue weighted by Gasteiger charge is 2.47. The Labute approximate surface area is 203 Å². The first-order valence-corrected chi connectivity index (χ1v) is 11.5. The summed E-state index contributed by atoms with van der Waals surface area (Å²) in [7, 11) is 1.56. The van der Waals surface area contributed by atoms with E-state index in [-0.39, 0.29) is 11.3 Å². The van der Waals surface area contributed by atoms with E-state index >= 15 is 0 Å². The van der Waals surface area contributed by atoms with Gasteiger partial charge in [0.05, 0.1) is 18.7 Å². The van der Waals surface area contributed by atoms with Crippen molar-refractivity contribution in [2.45, 2.75) is 19.4 Å². The lowest BCUT2D eigenvalue weighted by Crippen LogP contribution is -2.29. The van der Waals surface area contributed by atoms with Gasteiger partial charge in [-0.25, -0.2) is 0 Å². The monoisotopic (exact) mass is 463 g/mol. The van der Waals surface area contributed by atoms with Crippen LogP contribution in [-0.4, -0.2) is 23.9 Å². The molecule has 1 N–H and O–H groups in total. The highest BCUT2D eigenvalue weighted by molar-refractivity contribution is 6.51. The van der Waals surface area contributed by atoms with Gasteiger partial charge in [0, 0.05) is 11.3 Å².